The number of nitrogens with zero attached hydrogens (tertiary/aromatic N) is 2. The van der Waals surface area contributed by atoms with Crippen molar-refractivity contribution >= 4 is 23.5 Å². The second-order valence-electron chi connectivity index (χ2n) is 5.66. The summed E-state index contributed by atoms with van der Waals surface area (Å²) >= 11 is 1.48. The number of phenols is 1. The third-order valence-corrected chi connectivity index (χ3v) is 5.25. The second kappa shape index (κ2) is 6.25. The number of benzene rings is 2. The van der Waals surface area contributed by atoms with E-state index in [0.717, 1.165) is 16.9 Å². The van der Waals surface area contributed by atoms with Crippen LogP contribution in [0.1, 0.15) is 16.5 Å². The monoisotopic (exact) mass is 355 g/mol. The zero-order chi connectivity index (χ0) is 17.4. The number of hydrogen-bond donors (Lipinski definition) is 2. The molecule has 7 heteroatoms. The normalized spacial score (nSPS) is 16.8. The Kier molecular flexibility index (Phi) is 3.93. The van der Waals surface area contributed by atoms with Crippen molar-refractivity contribution < 1.29 is 14.3 Å². The molecule has 5 nitrogen and oxygen atoms in total. The van der Waals surface area contributed by atoms with Gasteiger partial charge >= 0.3 is 0 Å². The summed E-state index contributed by atoms with van der Waals surface area (Å²) in [7, 11) is 0. The van der Waals surface area contributed by atoms with Crippen LogP contribution in [-0.2, 0) is 4.79 Å². The lowest BCUT2D eigenvalue weighted by atomic mass is 10.1. The van der Waals surface area contributed by atoms with Gasteiger partial charge in [-0.25, -0.2) is 9.37 Å². The second-order valence-corrected chi connectivity index (χ2v) is 6.75. The molecule has 25 heavy (non-hydrogen) atoms. The molecule has 2 aromatic carbocycles. The van der Waals surface area contributed by atoms with Gasteiger partial charge in [0.15, 0.2) is 5.82 Å². The molecule has 2 N–H and O–H groups in total. The molecule has 1 amide bonds. The molecule has 0 aliphatic carbocycles. The van der Waals surface area contributed by atoms with Gasteiger partial charge in [-0.2, -0.15) is 0 Å². The number of carbonyl (C=O) groups is 1. The molecule has 126 valence electrons. The van der Waals surface area contributed by atoms with Crippen molar-refractivity contribution in [2.45, 2.75) is 5.25 Å². The van der Waals surface area contributed by atoms with E-state index < -0.39 is 0 Å². The largest absolute Gasteiger partial charge is 0.508 e. The highest BCUT2D eigenvalue weighted by Crippen LogP contribution is 2.42. The SMILES string of the molecule is O=C1CSC(c2ccc(O)cc2)c2c(ncn2-c2ccc(F)cc2)N1. The Morgan fingerprint density at radius 2 is 1.88 bits per heavy atom. The molecule has 0 spiro atoms. The Morgan fingerprint density at radius 1 is 1.16 bits per heavy atom. The lowest BCUT2D eigenvalue weighted by Gasteiger charge is -2.18. The zero-order valence-corrected chi connectivity index (χ0v) is 13.8. The molecule has 0 saturated heterocycles. The first-order valence-electron chi connectivity index (χ1n) is 7.65. The van der Waals surface area contributed by atoms with Crippen molar-refractivity contribution in [3.63, 3.8) is 0 Å². The molecule has 4 rings (SSSR count). The van der Waals surface area contributed by atoms with Crippen molar-refractivity contribution in [3.05, 3.63) is 71.9 Å². The fourth-order valence-electron chi connectivity index (χ4n) is 2.82. The van der Waals surface area contributed by atoms with Crippen LogP contribution in [0.25, 0.3) is 5.69 Å². The number of fused-ring (bicyclic) bond motifs is 1. The van der Waals surface area contributed by atoms with Gasteiger partial charge in [0.05, 0.1) is 16.7 Å². The highest BCUT2D eigenvalue weighted by molar-refractivity contribution is 8.00. The first kappa shape index (κ1) is 15.7. The molecule has 1 aromatic heterocycles. The predicted molar refractivity (Wildman–Crippen MR) is 94.6 cm³/mol. The number of rotatable bonds is 2. The number of thioether (sulfide) groups is 1. The van der Waals surface area contributed by atoms with E-state index in [4.69, 9.17) is 0 Å². The first-order valence-corrected chi connectivity index (χ1v) is 8.70. The molecule has 0 saturated carbocycles. The Labute approximate surface area is 147 Å². The van der Waals surface area contributed by atoms with E-state index in [1.807, 2.05) is 16.7 Å². The molecule has 2 heterocycles. The fraction of sp³-hybridized carbons (Fsp3) is 0.111. The molecular weight excluding hydrogens is 341 g/mol. The molecule has 0 radical (unpaired) electrons. The quantitative estimate of drug-likeness (QED) is 0.738. The van der Waals surface area contributed by atoms with Gasteiger partial charge < -0.3 is 10.4 Å². The minimum absolute atomic E-state index is 0.114. The van der Waals surface area contributed by atoms with Crippen LogP contribution in [0.2, 0.25) is 0 Å². The molecule has 1 atom stereocenters. The number of imidazole rings is 1. The van der Waals surface area contributed by atoms with Crippen LogP contribution in [0, 0.1) is 5.82 Å². The number of anilines is 1. The average molecular weight is 355 g/mol. The maximum atomic E-state index is 13.3. The van der Waals surface area contributed by atoms with Gasteiger partial charge in [-0.15, -0.1) is 11.8 Å². The summed E-state index contributed by atoms with van der Waals surface area (Å²) in [6.07, 6.45) is 1.62. The van der Waals surface area contributed by atoms with Crippen LogP contribution < -0.4 is 5.32 Å². The molecule has 0 bridgehead atoms. The lowest BCUT2D eigenvalue weighted by molar-refractivity contribution is -0.113. The van der Waals surface area contributed by atoms with Crippen LogP contribution in [0.5, 0.6) is 5.75 Å². The number of aromatic nitrogens is 2. The maximum Gasteiger partial charge on any atom is 0.235 e. The van der Waals surface area contributed by atoms with Crippen LogP contribution in [0.15, 0.2) is 54.9 Å². The van der Waals surface area contributed by atoms with Crippen LogP contribution >= 0.6 is 11.8 Å². The van der Waals surface area contributed by atoms with Gasteiger partial charge in [0, 0.05) is 5.69 Å². The topological polar surface area (TPSA) is 67.1 Å². The van der Waals surface area contributed by atoms with Gasteiger partial charge in [0.2, 0.25) is 5.91 Å². The summed E-state index contributed by atoms with van der Waals surface area (Å²) in [6, 6.07) is 13.0. The fourth-order valence-corrected chi connectivity index (χ4v) is 3.94. The summed E-state index contributed by atoms with van der Waals surface area (Å²) < 4.78 is 15.1. The van der Waals surface area contributed by atoms with Crippen LogP contribution in [-0.4, -0.2) is 26.3 Å². The van der Waals surface area contributed by atoms with Gasteiger partial charge in [0.25, 0.3) is 0 Å². The molecule has 0 fully saturated rings. The Balaban J connectivity index is 1.86. The van der Waals surface area contributed by atoms with E-state index in [0.29, 0.717) is 11.6 Å². The van der Waals surface area contributed by atoms with Gasteiger partial charge in [-0.05, 0) is 42.0 Å². The summed E-state index contributed by atoms with van der Waals surface area (Å²) in [4.78, 5) is 16.3. The smallest absolute Gasteiger partial charge is 0.235 e. The number of halogens is 1. The minimum Gasteiger partial charge on any atom is -0.508 e. The van der Waals surface area contributed by atoms with Crippen molar-refractivity contribution in [1.82, 2.24) is 9.55 Å². The Morgan fingerprint density at radius 3 is 2.60 bits per heavy atom. The number of amides is 1. The van der Waals surface area contributed by atoms with Crippen molar-refractivity contribution in [2.75, 3.05) is 11.1 Å². The third-order valence-electron chi connectivity index (χ3n) is 3.99. The van der Waals surface area contributed by atoms with Gasteiger partial charge in [-0.1, -0.05) is 12.1 Å². The van der Waals surface area contributed by atoms with E-state index >= 15 is 0 Å². The van der Waals surface area contributed by atoms with E-state index in [1.54, 1.807) is 30.6 Å². The van der Waals surface area contributed by atoms with Crippen LogP contribution in [0.3, 0.4) is 0 Å². The number of aromatic hydroxyl groups is 1. The number of carbonyl (C=O) groups excluding carboxylic acids is 1. The summed E-state index contributed by atoms with van der Waals surface area (Å²) in [5.74, 6) is 0.552. The maximum absolute atomic E-state index is 13.3. The Bertz CT molecular complexity index is 922. The van der Waals surface area contributed by atoms with E-state index in [1.165, 1.54) is 23.9 Å². The minimum atomic E-state index is -0.312. The zero-order valence-electron chi connectivity index (χ0n) is 13.0. The van der Waals surface area contributed by atoms with Gasteiger partial charge in [-0.3, -0.25) is 9.36 Å². The van der Waals surface area contributed by atoms with E-state index in [-0.39, 0.29) is 22.7 Å². The Hall–Kier alpha value is -2.80. The predicted octanol–water partition coefficient (Wildman–Crippen LogP) is 3.49. The number of nitrogens with one attached hydrogen (secondary N) is 1. The average Bonchev–Trinajstić information content (AvgIpc) is 2.93. The molecule has 1 aliphatic rings. The highest BCUT2D eigenvalue weighted by atomic mass is 32.2. The standard InChI is InChI=1S/C18H14FN3O2S/c19-12-3-5-13(6-4-12)22-10-20-18-16(22)17(25-9-15(24)21-18)11-1-7-14(23)8-2-11/h1-8,10,17,23H,9H2,(H,21,24). The summed E-state index contributed by atoms with van der Waals surface area (Å²) in [5, 5.41) is 12.2. The van der Waals surface area contributed by atoms with Crippen molar-refractivity contribution in [1.29, 1.82) is 0 Å². The van der Waals surface area contributed by atoms with Crippen LogP contribution in [0.4, 0.5) is 10.2 Å². The number of hydrogen-bond acceptors (Lipinski definition) is 4. The van der Waals surface area contributed by atoms with E-state index in [2.05, 4.69) is 10.3 Å². The lowest BCUT2D eigenvalue weighted by Crippen LogP contribution is -2.12. The first-order chi connectivity index (χ1) is 12.1. The van der Waals surface area contributed by atoms with Gasteiger partial charge in [0.1, 0.15) is 17.9 Å². The molecule has 3 aromatic rings. The summed E-state index contributed by atoms with van der Waals surface area (Å²) in [5.41, 5.74) is 2.52. The molecule has 1 unspecified atom stereocenters. The molecular formula is C18H14FN3O2S. The van der Waals surface area contributed by atoms with Crippen molar-refractivity contribution in [3.8, 4) is 11.4 Å². The molecule has 1 aliphatic heterocycles. The highest BCUT2D eigenvalue weighted by Gasteiger charge is 2.29. The summed E-state index contributed by atoms with van der Waals surface area (Å²) in [6.45, 7) is 0. The number of phenolic OH excluding ortho intramolecular Hbond substituents is 1. The third kappa shape index (κ3) is 2.98. The van der Waals surface area contributed by atoms with Crippen molar-refractivity contribution in [2.24, 2.45) is 0 Å². The van der Waals surface area contributed by atoms with E-state index in [9.17, 15) is 14.3 Å².